The van der Waals surface area contributed by atoms with Gasteiger partial charge in [0.05, 0.1) is 0 Å². The summed E-state index contributed by atoms with van der Waals surface area (Å²) in [5.41, 5.74) is 2.86. The average Bonchev–Trinajstić information content (AvgIpc) is 3.51. The van der Waals surface area contributed by atoms with Crippen molar-refractivity contribution in [3.05, 3.63) is 47.9 Å². The highest BCUT2D eigenvalue weighted by molar-refractivity contribution is 5.64. The largest absolute Gasteiger partial charge is 0.382 e. The first-order valence-electron chi connectivity index (χ1n) is 11.2. The summed E-state index contributed by atoms with van der Waals surface area (Å²) in [6.45, 7) is 4.18. The van der Waals surface area contributed by atoms with Crippen molar-refractivity contribution in [2.45, 2.75) is 57.2 Å². The second-order valence-electron chi connectivity index (χ2n) is 9.40. The fraction of sp³-hybridized carbons (Fsp3) is 0.478. The van der Waals surface area contributed by atoms with Gasteiger partial charge in [0.2, 0.25) is 0 Å². The Morgan fingerprint density at radius 2 is 1.69 bits per heavy atom. The molecule has 9 nitrogen and oxygen atoms in total. The predicted octanol–water partition coefficient (Wildman–Crippen LogP) is 2.50. The summed E-state index contributed by atoms with van der Waals surface area (Å²) in [5.74, 6) is 2.67. The number of aryl methyl sites for hydroxylation is 3. The standard InChI is InChI=1S/C23H28N8O/c1-14-15(2)26-19-11-18(20-24-7-9-28(20)3)27-31(19)21(14)30-16-5-6-17(30)13-23(32,12-16)22-25-8-10-29(22)4/h7-11,16-17,32H,5-6,12-13H2,1-4H3/t16-,17+,23?. The van der Waals surface area contributed by atoms with Gasteiger partial charge in [-0.1, -0.05) is 0 Å². The van der Waals surface area contributed by atoms with E-state index in [0.29, 0.717) is 12.8 Å². The zero-order valence-electron chi connectivity index (χ0n) is 18.9. The van der Waals surface area contributed by atoms with Crippen LogP contribution in [0.2, 0.25) is 0 Å². The lowest BCUT2D eigenvalue weighted by molar-refractivity contribution is -0.0137. The summed E-state index contributed by atoms with van der Waals surface area (Å²) >= 11 is 0. The van der Waals surface area contributed by atoms with Gasteiger partial charge in [-0.3, -0.25) is 0 Å². The molecule has 32 heavy (non-hydrogen) atoms. The Bertz CT molecular complexity index is 1320. The van der Waals surface area contributed by atoms with Crippen molar-refractivity contribution in [1.82, 2.24) is 33.7 Å². The average molecular weight is 433 g/mol. The minimum atomic E-state index is -0.905. The number of imidazole rings is 2. The first-order chi connectivity index (χ1) is 15.4. The third-order valence-electron chi connectivity index (χ3n) is 7.35. The molecule has 9 heteroatoms. The summed E-state index contributed by atoms with van der Waals surface area (Å²) in [5, 5.41) is 16.5. The molecule has 2 fully saturated rings. The highest BCUT2D eigenvalue weighted by atomic mass is 16.3. The Balaban J connectivity index is 1.46. The number of nitrogens with zero attached hydrogens (tertiary/aromatic N) is 8. The summed E-state index contributed by atoms with van der Waals surface area (Å²) in [6.07, 6.45) is 10.8. The number of rotatable bonds is 3. The maximum atomic E-state index is 11.6. The molecule has 4 aromatic rings. The monoisotopic (exact) mass is 432 g/mol. The lowest BCUT2D eigenvalue weighted by Gasteiger charge is -2.44. The van der Waals surface area contributed by atoms with Crippen molar-refractivity contribution in [3.8, 4) is 11.5 Å². The van der Waals surface area contributed by atoms with Crippen LogP contribution in [0.15, 0.2) is 30.9 Å². The van der Waals surface area contributed by atoms with Crippen molar-refractivity contribution in [2.75, 3.05) is 4.90 Å². The summed E-state index contributed by atoms with van der Waals surface area (Å²) in [7, 11) is 3.93. The van der Waals surface area contributed by atoms with Crippen molar-refractivity contribution in [1.29, 1.82) is 0 Å². The van der Waals surface area contributed by atoms with Crippen LogP contribution >= 0.6 is 0 Å². The van der Waals surface area contributed by atoms with Crippen LogP contribution in [0.5, 0.6) is 0 Å². The van der Waals surface area contributed by atoms with Gasteiger partial charge in [0.15, 0.2) is 11.5 Å². The molecule has 6 heterocycles. The normalized spacial score (nSPS) is 25.2. The van der Waals surface area contributed by atoms with Crippen molar-refractivity contribution in [3.63, 3.8) is 0 Å². The molecule has 2 aliphatic heterocycles. The second kappa shape index (κ2) is 6.65. The molecule has 166 valence electrons. The van der Waals surface area contributed by atoms with Crippen molar-refractivity contribution in [2.24, 2.45) is 14.1 Å². The van der Waals surface area contributed by atoms with Crippen LogP contribution < -0.4 is 4.90 Å². The fourth-order valence-corrected chi connectivity index (χ4v) is 5.78. The van der Waals surface area contributed by atoms with Crippen LogP contribution in [0.1, 0.15) is 42.8 Å². The van der Waals surface area contributed by atoms with E-state index in [2.05, 4.69) is 28.7 Å². The van der Waals surface area contributed by atoms with Gasteiger partial charge >= 0.3 is 0 Å². The SMILES string of the molecule is Cc1nc2cc(-c3nccn3C)nn2c(N2[C@@H]3CC[C@H]2CC(O)(c2nccn2C)C3)c1C. The molecule has 0 aliphatic carbocycles. The minimum Gasteiger partial charge on any atom is -0.382 e. The van der Waals surface area contributed by atoms with Crippen molar-refractivity contribution >= 4 is 11.5 Å². The van der Waals surface area contributed by atoms with Gasteiger partial charge in [0, 0.05) is 81.1 Å². The van der Waals surface area contributed by atoms with Gasteiger partial charge in [-0.05, 0) is 26.7 Å². The highest BCUT2D eigenvalue weighted by Crippen LogP contribution is 2.47. The number of aliphatic hydroxyl groups is 1. The van der Waals surface area contributed by atoms with Crippen LogP contribution in [0.4, 0.5) is 5.82 Å². The number of aromatic nitrogens is 7. The molecule has 0 amide bonds. The van der Waals surface area contributed by atoms with Crippen LogP contribution in [0, 0.1) is 13.8 Å². The Morgan fingerprint density at radius 3 is 2.31 bits per heavy atom. The quantitative estimate of drug-likeness (QED) is 0.535. The highest BCUT2D eigenvalue weighted by Gasteiger charge is 2.51. The summed E-state index contributed by atoms with van der Waals surface area (Å²) in [6, 6.07) is 2.45. The Hall–Kier alpha value is -3.20. The molecule has 0 saturated carbocycles. The molecule has 4 aromatic heterocycles. The Morgan fingerprint density at radius 1 is 1.00 bits per heavy atom. The van der Waals surface area contributed by atoms with E-state index in [1.165, 1.54) is 0 Å². The van der Waals surface area contributed by atoms with Gasteiger partial charge in [-0.2, -0.15) is 9.61 Å². The molecule has 1 unspecified atom stereocenters. The van der Waals surface area contributed by atoms with E-state index in [9.17, 15) is 5.11 Å². The molecular weight excluding hydrogens is 404 g/mol. The minimum absolute atomic E-state index is 0.222. The van der Waals surface area contributed by atoms with E-state index in [0.717, 1.165) is 52.9 Å². The molecule has 2 aliphatic rings. The smallest absolute Gasteiger partial charge is 0.160 e. The van der Waals surface area contributed by atoms with Gasteiger partial charge in [0.25, 0.3) is 0 Å². The number of piperidine rings is 1. The molecule has 2 saturated heterocycles. The topological polar surface area (TPSA) is 89.3 Å². The molecule has 6 rings (SSSR count). The maximum absolute atomic E-state index is 11.6. The van der Waals surface area contributed by atoms with E-state index in [1.807, 2.05) is 46.2 Å². The van der Waals surface area contributed by atoms with Crippen LogP contribution in [0.25, 0.3) is 17.2 Å². The maximum Gasteiger partial charge on any atom is 0.160 e. The zero-order chi connectivity index (χ0) is 22.2. The zero-order valence-corrected chi connectivity index (χ0v) is 18.9. The summed E-state index contributed by atoms with van der Waals surface area (Å²) in [4.78, 5) is 16.3. The number of hydrogen-bond donors (Lipinski definition) is 1. The number of hydrogen-bond acceptors (Lipinski definition) is 6. The predicted molar refractivity (Wildman–Crippen MR) is 120 cm³/mol. The van der Waals surface area contributed by atoms with Gasteiger partial charge in [-0.25, -0.2) is 15.0 Å². The fourth-order valence-electron chi connectivity index (χ4n) is 5.78. The van der Waals surface area contributed by atoms with E-state index in [1.54, 1.807) is 12.4 Å². The van der Waals surface area contributed by atoms with Gasteiger partial charge < -0.3 is 19.1 Å². The lowest BCUT2D eigenvalue weighted by Crippen LogP contribution is -2.51. The third-order valence-corrected chi connectivity index (χ3v) is 7.35. The van der Waals surface area contributed by atoms with E-state index < -0.39 is 5.60 Å². The van der Waals surface area contributed by atoms with Crippen LogP contribution in [0.3, 0.4) is 0 Å². The summed E-state index contributed by atoms with van der Waals surface area (Å²) < 4.78 is 5.89. The Labute approximate surface area is 186 Å². The van der Waals surface area contributed by atoms with E-state index in [-0.39, 0.29) is 12.1 Å². The molecule has 1 N–H and O–H groups in total. The van der Waals surface area contributed by atoms with Crippen molar-refractivity contribution < 1.29 is 5.11 Å². The lowest BCUT2D eigenvalue weighted by atomic mass is 9.85. The third kappa shape index (κ3) is 2.67. The van der Waals surface area contributed by atoms with Gasteiger partial charge in [0.1, 0.15) is 22.9 Å². The first-order valence-corrected chi connectivity index (χ1v) is 11.2. The molecule has 0 radical (unpaired) electrons. The van der Waals surface area contributed by atoms with E-state index in [4.69, 9.17) is 10.1 Å². The number of fused-ring (bicyclic) bond motifs is 3. The molecule has 0 aromatic carbocycles. The van der Waals surface area contributed by atoms with Crippen LogP contribution in [-0.4, -0.2) is 50.9 Å². The second-order valence-corrected chi connectivity index (χ2v) is 9.40. The Kier molecular flexibility index (Phi) is 4.05. The number of anilines is 1. The molecule has 3 atom stereocenters. The molecule has 2 bridgehead atoms. The van der Waals surface area contributed by atoms with Gasteiger partial charge in [-0.15, -0.1) is 0 Å². The molecule has 0 spiro atoms. The van der Waals surface area contributed by atoms with Crippen LogP contribution in [-0.2, 0) is 19.7 Å². The van der Waals surface area contributed by atoms with E-state index >= 15 is 0 Å². The first kappa shape index (κ1) is 19.5. The molecular formula is C23H28N8O.